The molecule has 0 radical (unpaired) electrons. The molecule has 8 heteroatoms. The van der Waals surface area contributed by atoms with Crippen LogP contribution in [0, 0.1) is 0 Å². The van der Waals surface area contributed by atoms with Gasteiger partial charge in [0.05, 0.1) is 0 Å². The Kier molecular flexibility index (Phi) is 4.71. The van der Waals surface area contributed by atoms with Gasteiger partial charge in [-0.2, -0.15) is 0 Å². The molecule has 1 heterocycles. The van der Waals surface area contributed by atoms with Crippen LogP contribution in [0.3, 0.4) is 0 Å². The Hall–Kier alpha value is -0.700. The maximum absolute atomic E-state index is 11.9. The van der Waals surface area contributed by atoms with Gasteiger partial charge in [-0.15, -0.1) is 0 Å². The summed E-state index contributed by atoms with van der Waals surface area (Å²) in [7, 11) is 0. The standard InChI is InChI=1S/C10H21N3O4S/c1-9(2,3)17-8(14)13(11)10(7-18(15)16)5-4-6-12-10/h12H,4-7,11H2,1-3H3,(H,15,16)/p-1/t10-/m1/s1. The van der Waals surface area contributed by atoms with Crippen molar-refractivity contribution in [1.29, 1.82) is 0 Å². The van der Waals surface area contributed by atoms with Crippen molar-refractivity contribution in [3.8, 4) is 0 Å². The van der Waals surface area contributed by atoms with Gasteiger partial charge >= 0.3 is 6.09 Å². The zero-order valence-corrected chi connectivity index (χ0v) is 11.7. The topological polar surface area (TPSA) is 108 Å². The number of ether oxygens (including phenoxy) is 1. The number of hydrogen-bond donors (Lipinski definition) is 2. The van der Waals surface area contributed by atoms with Crippen LogP contribution in [0.15, 0.2) is 0 Å². The monoisotopic (exact) mass is 278 g/mol. The molecule has 1 rings (SSSR count). The second-order valence-corrected chi connectivity index (χ2v) is 6.26. The SMILES string of the molecule is CC(C)(C)OC(=O)N(N)[C@@]1(CS(=O)[O-])CCCN1. The van der Waals surface area contributed by atoms with E-state index in [2.05, 4.69) is 5.32 Å². The molecule has 0 bridgehead atoms. The highest BCUT2D eigenvalue weighted by atomic mass is 32.2. The van der Waals surface area contributed by atoms with E-state index in [1.54, 1.807) is 20.8 Å². The van der Waals surface area contributed by atoms with Crippen molar-refractivity contribution in [2.75, 3.05) is 12.3 Å². The first-order valence-electron chi connectivity index (χ1n) is 5.75. The van der Waals surface area contributed by atoms with Crippen molar-refractivity contribution < 1.29 is 18.3 Å². The van der Waals surface area contributed by atoms with E-state index in [-0.39, 0.29) is 5.75 Å². The molecule has 7 nitrogen and oxygen atoms in total. The summed E-state index contributed by atoms with van der Waals surface area (Å²) < 4.78 is 26.9. The summed E-state index contributed by atoms with van der Waals surface area (Å²) in [5.41, 5.74) is -1.74. The van der Waals surface area contributed by atoms with E-state index in [0.29, 0.717) is 13.0 Å². The van der Waals surface area contributed by atoms with Gasteiger partial charge in [-0.1, -0.05) is 11.1 Å². The van der Waals surface area contributed by atoms with Crippen LogP contribution in [0.4, 0.5) is 4.79 Å². The molecule has 2 atom stereocenters. The van der Waals surface area contributed by atoms with Gasteiger partial charge in [-0.05, 0) is 40.2 Å². The van der Waals surface area contributed by atoms with Crippen LogP contribution in [-0.4, -0.2) is 43.4 Å². The van der Waals surface area contributed by atoms with E-state index in [4.69, 9.17) is 10.6 Å². The Bertz CT molecular complexity index is 337. The highest BCUT2D eigenvalue weighted by molar-refractivity contribution is 7.79. The van der Waals surface area contributed by atoms with Crippen LogP contribution in [0.5, 0.6) is 0 Å². The normalized spacial score (nSPS) is 25.8. The number of hydrazine groups is 1. The number of carbonyl (C=O) groups is 1. The van der Waals surface area contributed by atoms with Crippen molar-refractivity contribution in [2.24, 2.45) is 5.84 Å². The summed E-state index contributed by atoms with van der Waals surface area (Å²) in [6.45, 7) is 5.78. The molecule has 1 amide bonds. The Morgan fingerprint density at radius 1 is 1.61 bits per heavy atom. The van der Waals surface area contributed by atoms with Crippen LogP contribution >= 0.6 is 0 Å². The summed E-state index contributed by atoms with van der Waals surface area (Å²) in [6, 6.07) is 0. The molecular weight excluding hydrogens is 258 g/mol. The molecule has 1 saturated heterocycles. The van der Waals surface area contributed by atoms with Gasteiger partial charge in [0.25, 0.3) is 0 Å². The third-order valence-electron chi connectivity index (χ3n) is 2.63. The predicted molar refractivity (Wildman–Crippen MR) is 66.0 cm³/mol. The fourth-order valence-electron chi connectivity index (χ4n) is 1.87. The number of nitrogens with two attached hydrogens (primary N) is 1. The van der Waals surface area contributed by atoms with Gasteiger partial charge in [-0.25, -0.2) is 15.6 Å². The summed E-state index contributed by atoms with van der Waals surface area (Å²) in [5.74, 6) is 5.49. The van der Waals surface area contributed by atoms with Crippen molar-refractivity contribution in [3.05, 3.63) is 0 Å². The lowest BCUT2D eigenvalue weighted by molar-refractivity contribution is -0.00349. The molecule has 18 heavy (non-hydrogen) atoms. The molecule has 0 spiro atoms. The summed E-state index contributed by atoms with van der Waals surface area (Å²) in [4.78, 5) is 11.9. The predicted octanol–water partition coefficient (Wildman–Crippen LogP) is 0.0560. The second kappa shape index (κ2) is 5.52. The smallest absolute Gasteiger partial charge is 0.426 e. The molecule has 1 aliphatic heterocycles. The quantitative estimate of drug-likeness (QED) is 0.327. The summed E-state index contributed by atoms with van der Waals surface area (Å²) in [5, 5.41) is 3.84. The molecule has 0 aromatic rings. The minimum Gasteiger partial charge on any atom is -0.772 e. The number of carbonyl (C=O) groups excluding carboxylic acids is 1. The first kappa shape index (κ1) is 15.4. The average Bonchev–Trinajstić information content (AvgIpc) is 2.62. The fourth-order valence-corrected chi connectivity index (χ4v) is 2.64. The zero-order chi connectivity index (χ0) is 14.0. The van der Waals surface area contributed by atoms with Crippen molar-refractivity contribution in [3.63, 3.8) is 0 Å². The Labute approximate surface area is 109 Å². The van der Waals surface area contributed by atoms with Gasteiger partial charge in [-0.3, -0.25) is 9.53 Å². The van der Waals surface area contributed by atoms with Crippen molar-refractivity contribution >= 4 is 17.2 Å². The summed E-state index contributed by atoms with van der Waals surface area (Å²) in [6.07, 6.45) is 0.507. The molecule has 0 aliphatic carbocycles. The van der Waals surface area contributed by atoms with Crippen LogP contribution in [-0.2, 0) is 15.8 Å². The van der Waals surface area contributed by atoms with E-state index in [0.717, 1.165) is 11.4 Å². The van der Waals surface area contributed by atoms with Crippen LogP contribution in [0.2, 0.25) is 0 Å². The van der Waals surface area contributed by atoms with Crippen LogP contribution in [0.1, 0.15) is 33.6 Å². The van der Waals surface area contributed by atoms with Gasteiger partial charge in [0.15, 0.2) is 0 Å². The largest absolute Gasteiger partial charge is 0.772 e. The van der Waals surface area contributed by atoms with E-state index < -0.39 is 28.4 Å². The van der Waals surface area contributed by atoms with Gasteiger partial charge in [0, 0.05) is 5.75 Å². The lowest BCUT2D eigenvalue weighted by atomic mass is 10.1. The second-order valence-electron chi connectivity index (χ2n) is 5.36. The highest BCUT2D eigenvalue weighted by Gasteiger charge is 2.42. The zero-order valence-electron chi connectivity index (χ0n) is 10.9. The molecule has 0 aromatic carbocycles. The lowest BCUT2D eigenvalue weighted by Crippen LogP contribution is -2.64. The first-order chi connectivity index (χ1) is 8.16. The third-order valence-corrected chi connectivity index (χ3v) is 3.34. The summed E-state index contributed by atoms with van der Waals surface area (Å²) >= 11 is -2.30. The molecule has 1 fully saturated rings. The maximum atomic E-state index is 11.9. The van der Waals surface area contributed by atoms with E-state index in [9.17, 15) is 13.6 Å². The van der Waals surface area contributed by atoms with Gasteiger partial charge in [0.1, 0.15) is 11.3 Å². The van der Waals surface area contributed by atoms with Crippen molar-refractivity contribution in [2.45, 2.75) is 44.9 Å². The first-order valence-corrected chi connectivity index (χ1v) is 6.99. The van der Waals surface area contributed by atoms with Gasteiger partial charge in [0.2, 0.25) is 0 Å². The number of nitrogens with zero attached hydrogens (tertiary/aromatic N) is 1. The average molecular weight is 278 g/mol. The minimum absolute atomic E-state index is 0.247. The molecule has 106 valence electrons. The number of rotatable bonds is 3. The molecule has 1 unspecified atom stereocenters. The number of amides is 1. The highest BCUT2D eigenvalue weighted by Crippen LogP contribution is 2.24. The molecule has 1 aliphatic rings. The Balaban J connectivity index is 2.80. The number of nitrogens with one attached hydrogen (secondary N) is 1. The van der Waals surface area contributed by atoms with E-state index in [1.807, 2.05) is 0 Å². The van der Waals surface area contributed by atoms with Crippen LogP contribution < -0.4 is 11.2 Å². The molecule has 0 aromatic heterocycles. The minimum atomic E-state index is -2.30. The Morgan fingerprint density at radius 2 is 2.22 bits per heavy atom. The molecule has 0 saturated carbocycles. The third kappa shape index (κ3) is 3.91. The van der Waals surface area contributed by atoms with E-state index >= 15 is 0 Å². The molecule has 3 N–H and O–H groups in total. The molecular formula is C10H20N3O4S-. The van der Waals surface area contributed by atoms with Crippen LogP contribution in [0.25, 0.3) is 0 Å². The maximum Gasteiger partial charge on any atom is 0.426 e. The number of hydrogen-bond acceptors (Lipinski definition) is 6. The van der Waals surface area contributed by atoms with Gasteiger partial charge < -0.3 is 9.29 Å². The van der Waals surface area contributed by atoms with Crippen molar-refractivity contribution in [1.82, 2.24) is 10.3 Å². The Morgan fingerprint density at radius 3 is 2.61 bits per heavy atom. The lowest BCUT2D eigenvalue weighted by Gasteiger charge is -2.39. The fraction of sp³-hybridized carbons (Fsp3) is 0.900. The van der Waals surface area contributed by atoms with E-state index in [1.165, 1.54) is 0 Å².